The summed E-state index contributed by atoms with van der Waals surface area (Å²) in [6.07, 6.45) is 1.63. The summed E-state index contributed by atoms with van der Waals surface area (Å²) in [6.45, 7) is 0. The Morgan fingerprint density at radius 3 is 2.77 bits per heavy atom. The third-order valence-electron chi connectivity index (χ3n) is 3.29. The number of rotatable bonds is 3. The van der Waals surface area contributed by atoms with Crippen molar-refractivity contribution in [2.24, 2.45) is 0 Å². The summed E-state index contributed by atoms with van der Waals surface area (Å²) in [5.41, 5.74) is 4.29. The van der Waals surface area contributed by atoms with Crippen LogP contribution in [0, 0.1) is 5.21 Å². The maximum atomic E-state index is 10.9. The zero-order chi connectivity index (χ0) is 15.1. The number of hydrogen-bond donors (Lipinski definition) is 3. The molecule has 22 heavy (non-hydrogen) atoms. The Morgan fingerprint density at radius 2 is 2.09 bits per heavy atom. The largest absolute Gasteiger partial charge is 0.595 e. The second-order valence-electron chi connectivity index (χ2n) is 4.67. The van der Waals surface area contributed by atoms with Gasteiger partial charge in [-0.3, -0.25) is 0 Å². The first-order valence-electron chi connectivity index (χ1n) is 6.48. The van der Waals surface area contributed by atoms with Crippen LogP contribution < -0.4 is 10.7 Å². The average Bonchev–Trinajstić information content (AvgIpc) is 3.23. The van der Waals surface area contributed by atoms with Crippen LogP contribution in [0.2, 0.25) is 0 Å². The van der Waals surface area contributed by atoms with Gasteiger partial charge in [-0.2, -0.15) is 5.23 Å². The fraction of sp³-hybridized carbons (Fsp3) is 0.0769. The highest BCUT2D eigenvalue weighted by Crippen LogP contribution is 2.40. The Kier molecular flexibility index (Phi) is 3.12. The van der Waals surface area contributed by atoms with Crippen LogP contribution in [0.3, 0.4) is 0 Å². The average molecular weight is 317 g/mol. The summed E-state index contributed by atoms with van der Waals surface area (Å²) in [5, 5.41) is 27.9. The predicted molar refractivity (Wildman–Crippen MR) is 77.9 cm³/mol. The SMILES string of the molecule is [O-][NH+](O)c1ccc(-c2nnc3n2NC(c2ccco2)S3)cc1. The lowest BCUT2D eigenvalue weighted by Crippen LogP contribution is -2.99. The van der Waals surface area contributed by atoms with Gasteiger partial charge in [0.25, 0.3) is 0 Å². The van der Waals surface area contributed by atoms with Crippen LogP contribution in [-0.2, 0) is 0 Å². The van der Waals surface area contributed by atoms with E-state index in [0.29, 0.717) is 5.82 Å². The Balaban J connectivity index is 1.64. The summed E-state index contributed by atoms with van der Waals surface area (Å²) in [4.78, 5) is 0. The smallest absolute Gasteiger partial charge is 0.212 e. The minimum Gasteiger partial charge on any atom is -0.595 e. The second kappa shape index (κ2) is 5.14. The van der Waals surface area contributed by atoms with Gasteiger partial charge in [0.2, 0.25) is 5.16 Å². The van der Waals surface area contributed by atoms with Gasteiger partial charge in [0, 0.05) is 17.7 Å². The second-order valence-corrected chi connectivity index (χ2v) is 5.74. The maximum Gasteiger partial charge on any atom is 0.212 e. The van der Waals surface area contributed by atoms with Crippen molar-refractivity contribution in [1.82, 2.24) is 14.9 Å². The molecule has 8 nitrogen and oxygen atoms in total. The molecule has 0 radical (unpaired) electrons. The van der Waals surface area contributed by atoms with Gasteiger partial charge in [-0.05, 0) is 36.0 Å². The zero-order valence-corrected chi connectivity index (χ0v) is 11.9. The molecule has 112 valence electrons. The van der Waals surface area contributed by atoms with Crippen LogP contribution in [-0.4, -0.2) is 20.1 Å². The van der Waals surface area contributed by atoms with Crippen LogP contribution in [0.4, 0.5) is 5.69 Å². The van der Waals surface area contributed by atoms with E-state index < -0.39 is 5.23 Å². The molecule has 0 saturated heterocycles. The molecule has 1 aromatic carbocycles. The molecular weight excluding hydrogens is 306 g/mol. The van der Waals surface area contributed by atoms with E-state index >= 15 is 0 Å². The quantitative estimate of drug-likeness (QED) is 0.625. The molecule has 0 spiro atoms. The summed E-state index contributed by atoms with van der Waals surface area (Å²) in [6, 6.07) is 10.3. The van der Waals surface area contributed by atoms with E-state index in [1.807, 2.05) is 12.1 Å². The summed E-state index contributed by atoms with van der Waals surface area (Å²) in [5.74, 6) is 1.44. The molecule has 0 aliphatic carbocycles. The molecule has 0 fully saturated rings. The molecule has 2 aromatic heterocycles. The molecule has 3 aromatic rings. The van der Waals surface area contributed by atoms with Crippen molar-refractivity contribution in [1.29, 1.82) is 0 Å². The third-order valence-corrected chi connectivity index (χ3v) is 4.34. The maximum absolute atomic E-state index is 10.9. The Labute approximate surface area is 128 Å². The number of aromatic nitrogens is 3. The lowest BCUT2D eigenvalue weighted by atomic mass is 10.2. The first-order chi connectivity index (χ1) is 10.7. The standard InChI is InChI=1S/C13H11N5O3S/c19-18(20)9-5-3-8(4-6-9)11-14-15-13-17(11)16-12(22-13)10-2-1-7-21-10/h1-7,12,16,18-19H. The Hall–Kier alpha value is -2.33. The van der Waals surface area contributed by atoms with E-state index in [1.165, 1.54) is 11.8 Å². The molecule has 0 amide bonds. The zero-order valence-electron chi connectivity index (χ0n) is 11.1. The number of hydrogen-bond acceptors (Lipinski definition) is 7. The van der Waals surface area contributed by atoms with Gasteiger partial charge in [-0.25, -0.2) is 9.88 Å². The molecule has 9 heteroatoms. The van der Waals surface area contributed by atoms with Crippen LogP contribution >= 0.6 is 11.8 Å². The van der Waals surface area contributed by atoms with E-state index in [1.54, 1.807) is 35.2 Å². The van der Waals surface area contributed by atoms with Gasteiger partial charge in [0.1, 0.15) is 5.76 Å². The van der Waals surface area contributed by atoms with Crippen LogP contribution in [0.1, 0.15) is 11.1 Å². The summed E-state index contributed by atoms with van der Waals surface area (Å²) in [7, 11) is 0. The van der Waals surface area contributed by atoms with Crippen molar-refractivity contribution in [3.8, 4) is 11.4 Å². The molecule has 1 aliphatic rings. The number of benzene rings is 1. The molecule has 0 saturated carbocycles. The van der Waals surface area contributed by atoms with Crippen LogP contribution in [0.5, 0.6) is 0 Å². The van der Waals surface area contributed by atoms with Crippen LogP contribution in [0.25, 0.3) is 11.4 Å². The molecule has 2 unspecified atom stereocenters. The first kappa shape index (κ1) is 13.3. The number of nitrogens with zero attached hydrogens (tertiary/aromatic N) is 3. The Bertz CT molecular complexity index is 785. The summed E-state index contributed by atoms with van der Waals surface area (Å²) < 4.78 is 7.18. The van der Waals surface area contributed by atoms with Crippen molar-refractivity contribution in [3.05, 3.63) is 53.6 Å². The lowest BCUT2D eigenvalue weighted by Gasteiger charge is -2.12. The Morgan fingerprint density at radius 1 is 1.27 bits per heavy atom. The normalized spacial score (nSPS) is 18.0. The van der Waals surface area contributed by atoms with E-state index in [9.17, 15) is 5.21 Å². The minimum absolute atomic E-state index is 0.0578. The molecule has 4 rings (SSSR count). The molecular formula is C13H11N5O3S. The predicted octanol–water partition coefficient (Wildman–Crippen LogP) is 1.29. The van der Waals surface area contributed by atoms with Crippen molar-refractivity contribution in [2.45, 2.75) is 10.5 Å². The van der Waals surface area contributed by atoms with E-state index in [2.05, 4.69) is 15.6 Å². The van der Waals surface area contributed by atoms with Gasteiger partial charge in [-0.1, -0.05) is 0 Å². The fourth-order valence-corrected chi connectivity index (χ4v) is 3.17. The highest BCUT2D eigenvalue weighted by Gasteiger charge is 2.29. The topological polar surface area (TPSA) is 104 Å². The van der Waals surface area contributed by atoms with Crippen LogP contribution in [0.15, 0.2) is 52.2 Å². The first-order valence-corrected chi connectivity index (χ1v) is 7.36. The van der Waals surface area contributed by atoms with E-state index in [-0.39, 0.29) is 11.1 Å². The number of thioether (sulfide) groups is 1. The van der Waals surface area contributed by atoms with Gasteiger partial charge in [0.15, 0.2) is 16.9 Å². The van der Waals surface area contributed by atoms with E-state index in [0.717, 1.165) is 16.5 Å². The molecule has 3 N–H and O–H groups in total. The van der Waals surface area contributed by atoms with Crippen molar-refractivity contribution >= 4 is 17.4 Å². The number of furan rings is 1. The fourth-order valence-electron chi connectivity index (χ4n) is 2.22. The highest BCUT2D eigenvalue weighted by atomic mass is 32.2. The van der Waals surface area contributed by atoms with E-state index in [4.69, 9.17) is 9.62 Å². The van der Waals surface area contributed by atoms with Crippen molar-refractivity contribution in [2.75, 3.05) is 5.43 Å². The lowest BCUT2D eigenvalue weighted by molar-refractivity contribution is -0.991. The molecule has 0 bridgehead atoms. The molecule has 1 aliphatic heterocycles. The molecule has 2 atom stereocenters. The number of nitrogens with one attached hydrogen (secondary N) is 2. The highest BCUT2D eigenvalue weighted by molar-refractivity contribution is 7.99. The van der Waals surface area contributed by atoms with Gasteiger partial charge >= 0.3 is 0 Å². The van der Waals surface area contributed by atoms with Gasteiger partial charge in [0.05, 0.1) is 6.26 Å². The van der Waals surface area contributed by atoms with Crippen molar-refractivity contribution in [3.63, 3.8) is 0 Å². The van der Waals surface area contributed by atoms with Gasteiger partial charge in [-0.15, -0.1) is 10.2 Å². The minimum atomic E-state index is -0.954. The van der Waals surface area contributed by atoms with Gasteiger partial charge < -0.3 is 15.1 Å². The number of quaternary nitrogens is 1. The number of fused-ring (bicyclic) bond motifs is 1. The monoisotopic (exact) mass is 317 g/mol. The molecule has 3 heterocycles. The summed E-state index contributed by atoms with van der Waals surface area (Å²) >= 11 is 1.51. The van der Waals surface area contributed by atoms with Crippen molar-refractivity contribution < 1.29 is 14.9 Å². The third kappa shape index (κ3) is 2.16.